The Hall–Kier alpha value is -2.18. The van der Waals surface area contributed by atoms with E-state index >= 15 is 0 Å². The largest absolute Gasteiger partial charge is 0.305 e. The van der Waals surface area contributed by atoms with Crippen LogP contribution in [0.1, 0.15) is 11.1 Å². The maximum Gasteiger partial charge on any atom is 0.195 e. The number of nitrogens with zero attached hydrogens (tertiary/aromatic N) is 5. The quantitative estimate of drug-likeness (QED) is 0.652. The van der Waals surface area contributed by atoms with Crippen molar-refractivity contribution in [3.05, 3.63) is 66.2 Å². The van der Waals surface area contributed by atoms with Crippen molar-refractivity contribution in [3.8, 4) is 5.69 Å². The topological polar surface area (TPSA) is 46.8 Å². The Kier molecular flexibility index (Phi) is 5.05. The van der Waals surface area contributed by atoms with Crippen LogP contribution < -0.4 is 0 Å². The van der Waals surface area contributed by atoms with Crippen LogP contribution in [0.4, 0.5) is 0 Å². The monoisotopic (exact) mass is 325 g/mol. The van der Waals surface area contributed by atoms with Crippen LogP contribution >= 0.6 is 11.8 Å². The summed E-state index contributed by atoms with van der Waals surface area (Å²) in [6.45, 7) is 0.936. The summed E-state index contributed by atoms with van der Waals surface area (Å²) in [7, 11) is 4.14. The molecule has 1 aromatic carbocycles. The van der Waals surface area contributed by atoms with Crippen LogP contribution in [0.3, 0.4) is 0 Å². The molecule has 0 saturated carbocycles. The Bertz CT molecular complexity index is 737. The van der Waals surface area contributed by atoms with Gasteiger partial charge in [0.25, 0.3) is 0 Å². The summed E-state index contributed by atoms with van der Waals surface area (Å²) >= 11 is 1.66. The highest BCUT2D eigenvalue weighted by atomic mass is 32.2. The van der Waals surface area contributed by atoms with Gasteiger partial charge in [0.05, 0.1) is 0 Å². The summed E-state index contributed by atoms with van der Waals surface area (Å²) in [6.07, 6.45) is 5.42. The maximum absolute atomic E-state index is 4.23. The van der Waals surface area contributed by atoms with Crippen molar-refractivity contribution in [3.63, 3.8) is 0 Å². The molecule has 0 amide bonds. The van der Waals surface area contributed by atoms with Crippen LogP contribution in [0, 0.1) is 0 Å². The van der Waals surface area contributed by atoms with Gasteiger partial charge in [-0.25, -0.2) is 0 Å². The lowest BCUT2D eigenvalue weighted by Gasteiger charge is -2.11. The lowest BCUT2D eigenvalue weighted by molar-refractivity contribution is 0.402. The molecule has 0 radical (unpaired) electrons. The smallest absolute Gasteiger partial charge is 0.195 e. The van der Waals surface area contributed by atoms with E-state index in [4.69, 9.17) is 0 Å². The van der Waals surface area contributed by atoms with Gasteiger partial charge >= 0.3 is 0 Å². The summed E-state index contributed by atoms with van der Waals surface area (Å²) in [6, 6.07) is 12.5. The van der Waals surface area contributed by atoms with Crippen LogP contribution in [0.5, 0.6) is 0 Å². The Labute approximate surface area is 140 Å². The molecule has 0 saturated heterocycles. The molecule has 2 heterocycles. The first-order valence-corrected chi connectivity index (χ1v) is 8.37. The molecule has 3 rings (SSSR count). The fourth-order valence-electron chi connectivity index (χ4n) is 2.26. The van der Waals surface area contributed by atoms with Crippen molar-refractivity contribution in [2.24, 2.45) is 0 Å². The van der Waals surface area contributed by atoms with E-state index in [-0.39, 0.29) is 0 Å². The fourth-order valence-corrected chi connectivity index (χ4v) is 3.12. The lowest BCUT2D eigenvalue weighted by Crippen LogP contribution is -2.10. The van der Waals surface area contributed by atoms with Crippen molar-refractivity contribution >= 4 is 11.8 Å². The van der Waals surface area contributed by atoms with Gasteiger partial charge in [-0.3, -0.25) is 9.55 Å². The first-order chi connectivity index (χ1) is 11.2. The second kappa shape index (κ2) is 7.39. The van der Waals surface area contributed by atoms with E-state index in [9.17, 15) is 0 Å². The van der Waals surface area contributed by atoms with Crippen LogP contribution in [0.25, 0.3) is 5.69 Å². The van der Waals surface area contributed by atoms with Gasteiger partial charge in [-0.1, -0.05) is 30.0 Å². The van der Waals surface area contributed by atoms with Crippen LogP contribution in [0.15, 0.2) is 60.3 Å². The normalized spacial score (nSPS) is 11.1. The predicted octanol–water partition coefficient (Wildman–Crippen LogP) is 3.02. The van der Waals surface area contributed by atoms with E-state index in [1.54, 1.807) is 24.3 Å². The Morgan fingerprint density at radius 1 is 1.09 bits per heavy atom. The second-order valence-electron chi connectivity index (χ2n) is 5.54. The van der Waals surface area contributed by atoms with Gasteiger partial charge in [-0.2, -0.15) is 0 Å². The molecule has 0 spiro atoms. The Morgan fingerprint density at radius 2 is 1.91 bits per heavy atom. The average molecular weight is 325 g/mol. The predicted molar refractivity (Wildman–Crippen MR) is 92.5 cm³/mol. The molecular weight excluding hydrogens is 306 g/mol. The van der Waals surface area contributed by atoms with Crippen molar-refractivity contribution < 1.29 is 0 Å². The van der Waals surface area contributed by atoms with Crippen molar-refractivity contribution in [2.45, 2.75) is 17.5 Å². The van der Waals surface area contributed by atoms with Crippen LogP contribution in [-0.2, 0) is 12.3 Å². The summed E-state index contributed by atoms with van der Waals surface area (Å²) in [5, 5.41) is 9.16. The zero-order chi connectivity index (χ0) is 16.1. The zero-order valence-corrected chi connectivity index (χ0v) is 14.1. The summed E-state index contributed by atoms with van der Waals surface area (Å²) < 4.78 is 2.01. The SMILES string of the molecule is CN(C)Cc1ccc(-n2cnnc2SCc2cccnc2)cc1. The summed E-state index contributed by atoms with van der Waals surface area (Å²) in [4.78, 5) is 6.29. The first-order valence-electron chi connectivity index (χ1n) is 7.38. The van der Waals surface area contributed by atoms with E-state index in [1.807, 2.05) is 16.8 Å². The minimum absolute atomic E-state index is 0.825. The van der Waals surface area contributed by atoms with E-state index < -0.39 is 0 Å². The summed E-state index contributed by atoms with van der Waals surface area (Å²) in [5.74, 6) is 0.825. The highest BCUT2D eigenvalue weighted by Crippen LogP contribution is 2.23. The molecule has 0 atom stereocenters. The van der Waals surface area contributed by atoms with Crippen molar-refractivity contribution in [1.29, 1.82) is 0 Å². The van der Waals surface area contributed by atoms with Gasteiger partial charge in [0.1, 0.15) is 6.33 Å². The highest BCUT2D eigenvalue weighted by molar-refractivity contribution is 7.98. The minimum Gasteiger partial charge on any atom is -0.305 e. The first kappa shape index (κ1) is 15.7. The zero-order valence-electron chi connectivity index (χ0n) is 13.3. The number of pyridine rings is 1. The van der Waals surface area contributed by atoms with E-state index in [0.29, 0.717) is 0 Å². The van der Waals surface area contributed by atoms with Crippen LogP contribution in [-0.4, -0.2) is 38.7 Å². The van der Waals surface area contributed by atoms with E-state index in [2.05, 4.69) is 64.5 Å². The molecule has 0 unspecified atom stereocenters. The van der Waals surface area contributed by atoms with E-state index in [1.165, 1.54) is 11.1 Å². The standard InChI is InChI=1S/C17H19N5S/c1-21(2)11-14-5-7-16(8-6-14)22-13-19-20-17(22)23-12-15-4-3-9-18-10-15/h3-10,13H,11-12H2,1-2H3. The van der Waals surface area contributed by atoms with E-state index in [0.717, 1.165) is 23.1 Å². The fraction of sp³-hybridized carbons (Fsp3) is 0.235. The third-order valence-electron chi connectivity index (χ3n) is 3.32. The van der Waals surface area contributed by atoms with Crippen LogP contribution in [0.2, 0.25) is 0 Å². The molecule has 5 nitrogen and oxygen atoms in total. The Balaban J connectivity index is 1.72. The molecule has 0 fully saturated rings. The molecule has 0 bridgehead atoms. The molecule has 0 aliphatic heterocycles. The average Bonchev–Trinajstić information content (AvgIpc) is 3.03. The third kappa shape index (κ3) is 4.18. The molecule has 0 aliphatic rings. The van der Waals surface area contributed by atoms with Gasteiger partial charge in [0.15, 0.2) is 5.16 Å². The number of thioether (sulfide) groups is 1. The lowest BCUT2D eigenvalue weighted by atomic mass is 10.2. The molecule has 2 aromatic heterocycles. The molecule has 0 aliphatic carbocycles. The van der Waals surface area contributed by atoms with Gasteiger partial charge in [0, 0.05) is 30.4 Å². The molecule has 6 heteroatoms. The molecule has 3 aromatic rings. The Morgan fingerprint density at radius 3 is 2.61 bits per heavy atom. The second-order valence-corrected chi connectivity index (χ2v) is 6.48. The van der Waals surface area contributed by atoms with Gasteiger partial charge in [0.2, 0.25) is 0 Å². The summed E-state index contributed by atoms with van der Waals surface area (Å²) in [5.41, 5.74) is 3.54. The molecular formula is C17H19N5S. The maximum atomic E-state index is 4.23. The number of hydrogen-bond donors (Lipinski definition) is 0. The van der Waals surface area contributed by atoms with Crippen molar-refractivity contribution in [2.75, 3.05) is 14.1 Å². The number of aromatic nitrogens is 4. The molecule has 23 heavy (non-hydrogen) atoms. The van der Waals surface area contributed by atoms with Gasteiger partial charge in [-0.05, 0) is 43.4 Å². The van der Waals surface area contributed by atoms with Crippen molar-refractivity contribution in [1.82, 2.24) is 24.6 Å². The van der Waals surface area contributed by atoms with Gasteiger partial charge in [-0.15, -0.1) is 10.2 Å². The number of benzene rings is 1. The minimum atomic E-state index is 0.825. The molecule has 0 N–H and O–H groups in total. The van der Waals surface area contributed by atoms with Gasteiger partial charge < -0.3 is 4.90 Å². The third-order valence-corrected chi connectivity index (χ3v) is 4.33. The number of hydrogen-bond acceptors (Lipinski definition) is 5. The number of rotatable bonds is 6. The highest BCUT2D eigenvalue weighted by Gasteiger charge is 2.08. The molecule has 118 valence electrons.